The van der Waals surface area contributed by atoms with Crippen molar-refractivity contribution in [2.45, 2.75) is 64.4 Å². The Hall–Kier alpha value is -1.80. The lowest BCUT2D eigenvalue weighted by atomic mass is 10.1. The Labute approximate surface area is 172 Å². The van der Waals surface area contributed by atoms with Gasteiger partial charge in [-0.1, -0.05) is 0 Å². The van der Waals surface area contributed by atoms with Crippen molar-refractivity contribution >= 4 is 23.4 Å². The SMILES string of the molecule is CC(COCCCNC(=O)C1CCC(=O)C1)OCCCNC(=O)C1CCC(=O)C1. The third kappa shape index (κ3) is 9.04. The van der Waals surface area contributed by atoms with Crippen molar-refractivity contribution in [3.8, 4) is 0 Å². The van der Waals surface area contributed by atoms with Crippen molar-refractivity contribution in [3.63, 3.8) is 0 Å². The topological polar surface area (TPSA) is 111 Å². The fourth-order valence-electron chi connectivity index (χ4n) is 3.62. The average Bonchev–Trinajstić information content (AvgIpc) is 3.32. The van der Waals surface area contributed by atoms with E-state index in [1.54, 1.807) is 0 Å². The van der Waals surface area contributed by atoms with E-state index in [9.17, 15) is 19.2 Å². The van der Waals surface area contributed by atoms with Crippen LogP contribution in [0.25, 0.3) is 0 Å². The van der Waals surface area contributed by atoms with Crippen LogP contribution >= 0.6 is 0 Å². The van der Waals surface area contributed by atoms with Crippen molar-refractivity contribution in [1.82, 2.24) is 10.6 Å². The summed E-state index contributed by atoms with van der Waals surface area (Å²) >= 11 is 0. The summed E-state index contributed by atoms with van der Waals surface area (Å²) in [5.74, 6) is -0.00775. The highest BCUT2D eigenvalue weighted by Gasteiger charge is 2.28. The summed E-state index contributed by atoms with van der Waals surface area (Å²) in [6.45, 7) is 4.57. The van der Waals surface area contributed by atoms with Crippen molar-refractivity contribution in [2.75, 3.05) is 32.9 Å². The number of hydrogen-bond donors (Lipinski definition) is 2. The molecule has 0 aliphatic heterocycles. The van der Waals surface area contributed by atoms with Crippen molar-refractivity contribution < 1.29 is 28.7 Å². The van der Waals surface area contributed by atoms with Gasteiger partial charge in [0.15, 0.2) is 0 Å². The van der Waals surface area contributed by atoms with Gasteiger partial charge in [-0.05, 0) is 32.6 Å². The first-order chi connectivity index (χ1) is 14.0. The third-order valence-corrected chi connectivity index (χ3v) is 5.37. The van der Waals surface area contributed by atoms with Crippen molar-refractivity contribution in [1.29, 1.82) is 0 Å². The van der Waals surface area contributed by atoms with Gasteiger partial charge in [-0.25, -0.2) is 0 Å². The molecule has 0 aromatic carbocycles. The van der Waals surface area contributed by atoms with Gasteiger partial charge in [-0.3, -0.25) is 19.2 Å². The maximum atomic E-state index is 11.9. The first-order valence-corrected chi connectivity index (χ1v) is 10.7. The van der Waals surface area contributed by atoms with E-state index in [4.69, 9.17) is 9.47 Å². The Morgan fingerprint density at radius 2 is 1.45 bits per heavy atom. The molecule has 0 aromatic rings. The molecule has 0 spiro atoms. The van der Waals surface area contributed by atoms with Crippen LogP contribution in [0, 0.1) is 11.8 Å². The minimum absolute atomic E-state index is 0.0285. The maximum Gasteiger partial charge on any atom is 0.223 e. The first kappa shape index (κ1) is 23.5. The minimum atomic E-state index is -0.152. The van der Waals surface area contributed by atoms with E-state index in [1.807, 2.05) is 6.92 Å². The molecule has 2 aliphatic carbocycles. The van der Waals surface area contributed by atoms with E-state index in [2.05, 4.69) is 10.6 Å². The normalized spacial score (nSPS) is 22.7. The molecule has 8 nitrogen and oxygen atoms in total. The van der Waals surface area contributed by atoms with E-state index < -0.39 is 0 Å². The molecular weight excluding hydrogens is 376 g/mol. The molecular formula is C21H34N2O6. The highest BCUT2D eigenvalue weighted by Crippen LogP contribution is 2.22. The predicted octanol–water partition coefficient (Wildman–Crippen LogP) is 1.16. The molecule has 0 bridgehead atoms. The van der Waals surface area contributed by atoms with E-state index in [-0.39, 0.29) is 41.3 Å². The fraction of sp³-hybridized carbons (Fsp3) is 0.810. The second kappa shape index (κ2) is 12.7. The molecule has 3 atom stereocenters. The molecule has 29 heavy (non-hydrogen) atoms. The number of amides is 2. The molecule has 2 aliphatic rings. The summed E-state index contributed by atoms with van der Waals surface area (Å²) in [4.78, 5) is 46.2. The van der Waals surface area contributed by atoms with Crippen LogP contribution in [-0.4, -0.2) is 62.4 Å². The number of ether oxygens (including phenoxy) is 2. The van der Waals surface area contributed by atoms with Gasteiger partial charge < -0.3 is 20.1 Å². The molecule has 0 heterocycles. The molecule has 0 radical (unpaired) electrons. The molecule has 3 unspecified atom stereocenters. The Bertz CT molecular complexity index is 580. The predicted molar refractivity (Wildman–Crippen MR) is 106 cm³/mol. The lowest BCUT2D eigenvalue weighted by Crippen LogP contribution is -2.31. The van der Waals surface area contributed by atoms with Crippen LogP contribution in [0.2, 0.25) is 0 Å². The van der Waals surface area contributed by atoms with Crippen LogP contribution in [-0.2, 0) is 28.7 Å². The summed E-state index contributed by atoms with van der Waals surface area (Å²) in [5.41, 5.74) is 0. The average molecular weight is 411 g/mol. The smallest absolute Gasteiger partial charge is 0.223 e. The van der Waals surface area contributed by atoms with Gasteiger partial charge in [0.1, 0.15) is 11.6 Å². The summed E-state index contributed by atoms with van der Waals surface area (Å²) in [6.07, 6.45) is 4.51. The number of Topliss-reactive ketones (excluding diaryl/α,β-unsaturated/α-hetero) is 2. The zero-order valence-electron chi connectivity index (χ0n) is 17.4. The number of hydrogen-bond acceptors (Lipinski definition) is 6. The van der Waals surface area contributed by atoms with Crippen LogP contribution in [0.4, 0.5) is 0 Å². The molecule has 2 saturated carbocycles. The Balaban J connectivity index is 1.38. The van der Waals surface area contributed by atoms with Crippen LogP contribution in [0.1, 0.15) is 58.3 Å². The molecule has 164 valence electrons. The van der Waals surface area contributed by atoms with Crippen molar-refractivity contribution in [3.05, 3.63) is 0 Å². The number of carbonyl (C=O) groups excluding carboxylic acids is 4. The standard InChI is InChI=1S/C21H34N2O6/c1-15(29-11-3-9-23-21(27)17-5-7-19(25)13-17)14-28-10-2-8-22-20(26)16-4-6-18(24)12-16/h15-17H,2-14H2,1H3,(H,22,26)(H,23,27). The van der Waals surface area contributed by atoms with E-state index in [0.717, 1.165) is 6.42 Å². The lowest BCUT2D eigenvalue weighted by molar-refractivity contribution is -0.126. The molecule has 2 amide bonds. The monoisotopic (exact) mass is 410 g/mol. The largest absolute Gasteiger partial charge is 0.379 e. The van der Waals surface area contributed by atoms with E-state index in [1.165, 1.54) is 0 Å². The molecule has 8 heteroatoms. The van der Waals surface area contributed by atoms with Gasteiger partial charge in [0, 0.05) is 63.8 Å². The van der Waals surface area contributed by atoms with Crippen LogP contribution in [0.3, 0.4) is 0 Å². The van der Waals surface area contributed by atoms with Gasteiger partial charge in [-0.15, -0.1) is 0 Å². The summed E-state index contributed by atoms with van der Waals surface area (Å²) in [6, 6.07) is 0. The highest BCUT2D eigenvalue weighted by atomic mass is 16.5. The second-order valence-electron chi connectivity index (χ2n) is 8.00. The van der Waals surface area contributed by atoms with Gasteiger partial charge in [-0.2, -0.15) is 0 Å². The van der Waals surface area contributed by atoms with Gasteiger partial charge in [0.25, 0.3) is 0 Å². The summed E-state index contributed by atoms with van der Waals surface area (Å²) in [7, 11) is 0. The van der Waals surface area contributed by atoms with Crippen LogP contribution in [0.15, 0.2) is 0 Å². The van der Waals surface area contributed by atoms with Gasteiger partial charge in [0.05, 0.1) is 12.7 Å². The molecule has 0 saturated heterocycles. The number of ketones is 2. The quantitative estimate of drug-likeness (QED) is 0.441. The van der Waals surface area contributed by atoms with E-state index >= 15 is 0 Å². The minimum Gasteiger partial charge on any atom is -0.379 e. The number of nitrogens with one attached hydrogen (secondary N) is 2. The molecule has 0 aromatic heterocycles. The summed E-state index contributed by atoms with van der Waals surface area (Å²) < 4.78 is 11.2. The third-order valence-electron chi connectivity index (χ3n) is 5.37. The number of rotatable bonds is 13. The first-order valence-electron chi connectivity index (χ1n) is 10.7. The maximum absolute atomic E-state index is 11.9. The van der Waals surface area contributed by atoms with Crippen molar-refractivity contribution in [2.24, 2.45) is 11.8 Å². The summed E-state index contributed by atoms with van der Waals surface area (Å²) in [5, 5.41) is 5.72. The zero-order chi connectivity index (χ0) is 21.1. The zero-order valence-corrected chi connectivity index (χ0v) is 17.4. The Kier molecular flexibility index (Phi) is 10.3. The van der Waals surface area contributed by atoms with Gasteiger partial charge >= 0.3 is 0 Å². The molecule has 2 fully saturated rings. The number of carbonyl (C=O) groups is 4. The van der Waals surface area contributed by atoms with Crippen LogP contribution in [0.5, 0.6) is 0 Å². The Morgan fingerprint density at radius 3 is 1.93 bits per heavy atom. The lowest BCUT2D eigenvalue weighted by Gasteiger charge is -2.14. The van der Waals surface area contributed by atoms with Crippen LogP contribution < -0.4 is 10.6 Å². The molecule has 2 rings (SSSR count). The fourth-order valence-corrected chi connectivity index (χ4v) is 3.62. The van der Waals surface area contributed by atoms with E-state index in [0.29, 0.717) is 77.9 Å². The highest BCUT2D eigenvalue weighted by molar-refractivity contribution is 5.90. The van der Waals surface area contributed by atoms with Gasteiger partial charge in [0.2, 0.25) is 11.8 Å². The Morgan fingerprint density at radius 1 is 0.931 bits per heavy atom. The molecule has 2 N–H and O–H groups in total. The second-order valence-corrected chi connectivity index (χ2v) is 8.00.